The van der Waals surface area contributed by atoms with Crippen molar-refractivity contribution in [2.75, 3.05) is 6.54 Å². The molecule has 1 saturated heterocycles. The van der Waals surface area contributed by atoms with Crippen molar-refractivity contribution in [2.24, 2.45) is 5.16 Å². The number of carboxylic acid groups (broad SMARTS) is 2. The highest BCUT2D eigenvalue weighted by Crippen LogP contribution is 2.54. The number of hydrogen-bond acceptors (Lipinski definition) is 4. The molecule has 1 unspecified atom stereocenters. The van der Waals surface area contributed by atoms with Gasteiger partial charge in [-0.1, -0.05) is 28.9 Å². The molecule has 1 aliphatic carbocycles. The fourth-order valence-corrected chi connectivity index (χ4v) is 4.11. The molecular formula is C17H17ClN2O5. The molecule has 4 rings (SSSR count). The molecule has 0 radical (unpaired) electrons. The number of aliphatic carboxylic acids is 1. The molecule has 1 aromatic rings. The molecule has 2 fully saturated rings. The van der Waals surface area contributed by atoms with E-state index in [9.17, 15) is 19.8 Å². The van der Waals surface area contributed by atoms with Crippen molar-refractivity contribution in [1.82, 2.24) is 4.90 Å². The smallest absolute Gasteiger partial charge is 0.408 e. The summed E-state index contributed by atoms with van der Waals surface area (Å²) in [6, 6.07) is 6.52. The van der Waals surface area contributed by atoms with Gasteiger partial charge in [-0.05, 0) is 30.5 Å². The van der Waals surface area contributed by atoms with E-state index in [0.29, 0.717) is 11.4 Å². The van der Waals surface area contributed by atoms with Gasteiger partial charge in [0.15, 0.2) is 5.60 Å². The van der Waals surface area contributed by atoms with Crippen LogP contribution in [0.15, 0.2) is 29.4 Å². The Morgan fingerprint density at radius 1 is 1.24 bits per heavy atom. The lowest BCUT2D eigenvalue weighted by molar-refractivity contribution is -0.141. The number of halogens is 1. The standard InChI is InChI=1S/C17H17ClN2O5/c18-11-3-1-10(2-4-11)17(5-6-17)13-8-16(25-19-13)7-12(14(21)22)20(9-16)15(23)24/h1-4,12H,5-9H2,(H,21,22)(H,23,24)/t12-,16?/m0/s1. The average molecular weight is 365 g/mol. The third-order valence-corrected chi connectivity index (χ3v) is 5.72. The first-order valence-electron chi connectivity index (χ1n) is 8.09. The third kappa shape index (κ3) is 2.54. The Kier molecular flexibility index (Phi) is 3.47. The van der Waals surface area contributed by atoms with Gasteiger partial charge in [0.25, 0.3) is 0 Å². The summed E-state index contributed by atoms with van der Waals surface area (Å²) >= 11 is 5.96. The van der Waals surface area contributed by atoms with E-state index in [2.05, 4.69) is 5.16 Å². The highest BCUT2D eigenvalue weighted by molar-refractivity contribution is 6.30. The summed E-state index contributed by atoms with van der Waals surface area (Å²) < 4.78 is 0. The van der Waals surface area contributed by atoms with Crippen molar-refractivity contribution in [3.8, 4) is 0 Å². The first kappa shape index (κ1) is 16.2. The number of amides is 1. The number of nitrogens with zero attached hydrogens (tertiary/aromatic N) is 2. The summed E-state index contributed by atoms with van der Waals surface area (Å²) in [7, 11) is 0. The van der Waals surface area contributed by atoms with Crippen molar-refractivity contribution < 1.29 is 24.6 Å². The summed E-state index contributed by atoms with van der Waals surface area (Å²) in [6.45, 7) is 0.0169. The lowest BCUT2D eigenvalue weighted by atomic mass is 9.83. The maximum Gasteiger partial charge on any atom is 0.408 e. The average Bonchev–Trinajstić information content (AvgIpc) is 3.13. The van der Waals surface area contributed by atoms with E-state index in [1.807, 2.05) is 24.3 Å². The van der Waals surface area contributed by atoms with Gasteiger partial charge in [0.05, 0.1) is 12.3 Å². The van der Waals surface area contributed by atoms with E-state index in [-0.39, 0.29) is 18.4 Å². The van der Waals surface area contributed by atoms with Crippen LogP contribution in [-0.4, -0.2) is 51.1 Å². The summed E-state index contributed by atoms with van der Waals surface area (Å²) in [6.07, 6.45) is 1.19. The third-order valence-electron chi connectivity index (χ3n) is 5.47. The Morgan fingerprint density at radius 3 is 2.44 bits per heavy atom. The fraction of sp³-hybridized carbons (Fsp3) is 0.471. The minimum atomic E-state index is -1.25. The molecule has 3 aliphatic rings. The van der Waals surface area contributed by atoms with Gasteiger partial charge in [-0.25, -0.2) is 9.59 Å². The maximum absolute atomic E-state index is 11.4. The second kappa shape index (κ2) is 5.36. The Balaban J connectivity index is 1.56. The molecule has 2 aliphatic heterocycles. The van der Waals surface area contributed by atoms with E-state index in [1.165, 1.54) is 0 Å². The van der Waals surface area contributed by atoms with Crippen LogP contribution in [0.2, 0.25) is 5.02 Å². The molecule has 8 heteroatoms. The molecule has 0 aromatic heterocycles. The second-order valence-electron chi connectivity index (χ2n) is 7.05. The summed E-state index contributed by atoms with van der Waals surface area (Å²) in [5.41, 5.74) is 0.910. The maximum atomic E-state index is 11.4. The SMILES string of the molecule is O=C(O)[C@@H]1CC2(CC(C3(c4ccc(Cl)cc4)CC3)=NO2)CN1C(=O)O. The molecular weight excluding hydrogens is 348 g/mol. The Hall–Kier alpha value is -2.28. The van der Waals surface area contributed by atoms with Gasteiger partial charge in [-0.3, -0.25) is 4.90 Å². The first-order chi connectivity index (χ1) is 11.9. The first-order valence-corrected chi connectivity index (χ1v) is 8.47. The highest BCUT2D eigenvalue weighted by atomic mass is 35.5. The zero-order valence-electron chi connectivity index (χ0n) is 13.3. The van der Waals surface area contributed by atoms with Crippen LogP contribution in [0.25, 0.3) is 0 Å². The van der Waals surface area contributed by atoms with Crippen LogP contribution in [0.1, 0.15) is 31.2 Å². The van der Waals surface area contributed by atoms with E-state index < -0.39 is 23.7 Å². The molecule has 1 aromatic carbocycles. The molecule has 2 N–H and O–H groups in total. The van der Waals surface area contributed by atoms with Crippen molar-refractivity contribution in [2.45, 2.75) is 42.7 Å². The van der Waals surface area contributed by atoms with Crippen LogP contribution < -0.4 is 0 Å². The lowest BCUT2D eigenvalue weighted by Crippen LogP contribution is -2.40. The van der Waals surface area contributed by atoms with Gasteiger partial charge in [0.1, 0.15) is 6.04 Å². The second-order valence-corrected chi connectivity index (χ2v) is 7.48. The molecule has 2 atom stereocenters. The molecule has 0 bridgehead atoms. The molecule has 1 spiro atoms. The summed E-state index contributed by atoms with van der Waals surface area (Å²) in [5, 5.41) is 23.5. The van der Waals surface area contributed by atoms with Crippen molar-refractivity contribution >= 4 is 29.4 Å². The molecule has 132 valence electrons. The number of rotatable bonds is 3. The zero-order chi connectivity index (χ0) is 17.8. The molecule has 7 nitrogen and oxygen atoms in total. The Labute approximate surface area is 148 Å². The van der Waals surface area contributed by atoms with E-state index in [0.717, 1.165) is 29.0 Å². The van der Waals surface area contributed by atoms with Crippen molar-refractivity contribution in [3.63, 3.8) is 0 Å². The molecule has 1 saturated carbocycles. The lowest BCUT2D eigenvalue weighted by Gasteiger charge is -2.21. The Morgan fingerprint density at radius 2 is 1.92 bits per heavy atom. The topological polar surface area (TPSA) is 99.4 Å². The van der Waals surface area contributed by atoms with Crippen LogP contribution in [-0.2, 0) is 15.0 Å². The number of hydrogen-bond donors (Lipinski definition) is 2. The fourth-order valence-electron chi connectivity index (χ4n) is 3.98. The number of carboxylic acids is 1. The van der Waals surface area contributed by atoms with Crippen LogP contribution in [0.3, 0.4) is 0 Å². The largest absolute Gasteiger partial charge is 0.480 e. The van der Waals surface area contributed by atoms with Crippen molar-refractivity contribution in [3.05, 3.63) is 34.9 Å². The van der Waals surface area contributed by atoms with Gasteiger partial charge < -0.3 is 15.1 Å². The van der Waals surface area contributed by atoms with Crippen LogP contribution >= 0.6 is 11.6 Å². The number of benzene rings is 1. The van der Waals surface area contributed by atoms with Gasteiger partial charge in [0.2, 0.25) is 0 Å². The molecule has 1 amide bonds. The highest BCUT2D eigenvalue weighted by Gasteiger charge is 2.59. The zero-order valence-corrected chi connectivity index (χ0v) is 14.1. The summed E-state index contributed by atoms with van der Waals surface area (Å²) in [5.74, 6) is -1.16. The van der Waals surface area contributed by atoms with Crippen LogP contribution in [0.4, 0.5) is 4.79 Å². The normalized spacial score (nSPS) is 29.4. The summed E-state index contributed by atoms with van der Waals surface area (Å²) in [4.78, 5) is 29.3. The van der Waals surface area contributed by atoms with Gasteiger partial charge in [-0.2, -0.15) is 0 Å². The van der Waals surface area contributed by atoms with E-state index >= 15 is 0 Å². The van der Waals surface area contributed by atoms with Gasteiger partial charge in [0, 0.05) is 23.3 Å². The minimum absolute atomic E-state index is 0.0169. The molecule has 2 heterocycles. The minimum Gasteiger partial charge on any atom is -0.480 e. The Bertz CT molecular complexity index is 750. The monoisotopic (exact) mass is 364 g/mol. The van der Waals surface area contributed by atoms with Crippen molar-refractivity contribution in [1.29, 1.82) is 0 Å². The number of likely N-dealkylation sites (tertiary alicyclic amines) is 1. The van der Waals surface area contributed by atoms with Crippen LogP contribution in [0, 0.1) is 0 Å². The predicted octanol–water partition coefficient (Wildman–Crippen LogP) is 2.72. The van der Waals surface area contributed by atoms with E-state index in [1.54, 1.807) is 0 Å². The van der Waals surface area contributed by atoms with E-state index in [4.69, 9.17) is 16.4 Å². The number of carbonyl (C=O) groups is 2. The van der Waals surface area contributed by atoms with Crippen LogP contribution in [0.5, 0.6) is 0 Å². The molecule has 25 heavy (non-hydrogen) atoms. The quantitative estimate of drug-likeness (QED) is 0.859. The predicted molar refractivity (Wildman–Crippen MR) is 89.0 cm³/mol. The number of oxime groups is 1. The van der Waals surface area contributed by atoms with Gasteiger partial charge in [-0.15, -0.1) is 0 Å². The van der Waals surface area contributed by atoms with Gasteiger partial charge >= 0.3 is 12.1 Å².